The zero-order chi connectivity index (χ0) is 25.8. The van der Waals surface area contributed by atoms with Crippen LogP contribution in [0.4, 0.5) is 0 Å². The maximum atomic E-state index is 10.4. The van der Waals surface area contributed by atoms with E-state index < -0.39 is 37.3 Å². The molecule has 2 aromatic carbocycles. The number of nitrogens with one attached hydrogen (secondary N) is 1. The Kier molecular flexibility index (Phi) is 8.28. The fourth-order valence-electron chi connectivity index (χ4n) is 4.29. The van der Waals surface area contributed by atoms with E-state index in [9.17, 15) is 20.4 Å². The van der Waals surface area contributed by atoms with Crippen LogP contribution in [-0.4, -0.2) is 67.9 Å². The molecule has 9 heteroatoms. The van der Waals surface area contributed by atoms with Gasteiger partial charge in [0.15, 0.2) is 0 Å². The maximum absolute atomic E-state index is 10.4. The van der Waals surface area contributed by atoms with E-state index in [0.29, 0.717) is 13.0 Å². The number of hydrogen-bond donors (Lipinski definition) is 5. The van der Waals surface area contributed by atoms with Gasteiger partial charge in [-0.15, -0.1) is 5.10 Å². The quantitative estimate of drug-likeness (QED) is 0.303. The number of ether oxygens (including phenoxy) is 3. The summed E-state index contributed by atoms with van der Waals surface area (Å²) in [5, 5.41) is 47.4. The third kappa shape index (κ3) is 5.55. The lowest BCUT2D eigenvalue weighted by atomic mass is 9.98. The molecule has 194 valence electrons. The first-order valence-corrected chi connectivity index (χ1v) is 12.1. The van der Waals surface area contributed by atoms with E-state index in [0.717, 1.165) is 33.7 Å². The average molecular weight is 499 g/mol. The number of aryl methyl sites for hydroxylation is 1. The van der Waals surface area contributed by atoms with Gasteiger partial charge in [-0.1, -0.05) is 56.3 Å². The molecule has 1 aromatic heterocycles. The van der Waals surface area contributed by atoms with Crippen LogP contribution in [0, 0.1) is 6.92 Å². The molecule has 1 aliphatic heterocycles. The Morgan fingerprint density at radius 3 is 2.36 bits per heavy atom. The summed E-state index contributed by atoms with van der Waals surface area (Å²) >= 11 is 0. The summed E-state index contributed by atoms with van der Waals surface area (Å²) in [5.41, 5.74) is 4.79. The number of benzene rings is 2. The summed E-state index contributed by atoms with van der Waals surface area (Å²) in [6, 6.07) is 15.8. The van der Waals surface area contributed by atoms with Crippen molar-refractivity contribution in [1.29, 1.82) is 0 Å². The molecule has 1 aliphatic rings. The van der Waals surface area contributed by atoms with Crippen molar-refractivity contribution in [2.45, 2.75) is 70.4 Å². The Hall–Kier alpha value is -2.95. The molecule has 0 saturated carbocycles. The Morgan fingerprint density at radius 2 is 1.67 bits per heavy atom. The van der Waals surface area contributed by atoms with Crippen LogP contribution in [0.25, 0.3) is 0 Å². The predicted molar refractivity (Wildman–Crippen MR) is 132 cm³/mol. The third-order valence-electron chi connectivity index (χ3n) is 6.50. The van der Waals surface area contributed by atoms with Crippen LogP contribution in [0.3, 0.4) is 0 Å². The summed E-state index contributed by atoms with van der Waals surface area (Å²) in [4.78, 5) is 0. The summed E-state index contributed by atoms with van der Waals surface area (Å²) in [7, 11) is 0. The molecular formula is C27H34N2O7. The van der Waals surface area contributed by atoms with E-state index in [4.69, 9.17) is 14.2 Å². The van der Waals surface area contributed by atoms with Crippen LogP contribution in [0.2, 0.25) is 0 Å². The van der Waals surface area contributed by atoms with Crippen molar-refractivity contribution >= 4 is 0 Å². The topological polar surface area (TPSA) is 137 Å². The lowest BCUT2D eigenvalue weighted by molar-refractivity contribution is -0.278. The highest BCUT2D eigenvalue weighted by Crippen LogP contribution is 2.33. The van der Waals surface area contributed by atoms with Gasteiger partial charge >= 0.3 is 0 Å². The number of nitrogens with zero attached hydrogens (tertiary/aromatic N) is 1. The van der Waals surface area contributed by atoms with Gasteiger partial charge in [-0.2, -0.15) is 0 Å². The number of aliphatic hydroxyl groups excluding tert-OH is 4. The van der Waals surface area contributed by atoms with Crippen molar-refractivity contribution in [2.24, 2.45) is 0 Å². The molecule has 1 fully saturated rings. The van der Waals surface area contributed by atoms with Crippen molar-refractivity contribution in [3.05, 3.63) is 76.5 Å². The SMILES string of the molecule is Cc1ccccc1COc1ccccc1Cc1c(OC2O[C@H](CO)[C@@H](O)[C@H](O)[C@H]2O)n[nH]c1C(C)C. The molecule has 0 radical (unpaired) electrons. The van der Waals surface area contributed by atoms with Gasteiger partial charge in [0.25, 0.3) is 0 Å². The van der Waals surface area contributed by atoms with Crippen molar-refractivity contribution in [3.63, 3.8) is 0 Å². The molecule has 0 aliphatic carbocycles. The molecular weight excluding hydrogens is 464 g/mol. The molecule has 2 heterocycles. The molecule has 5 N–H and O–H groups in total. The van der Waals surface area contributed by atoms with Crippen LogP contribution < -0.4 is 9.47 Å². The first-order chi connectivity index (χ1) is 17.3. The van der Waals surface area contributed by atoms with E-state index >= 15 is 0 Å². The molecule has 3 aromatic rings. The summed E-state index contributed by atoms with van der Waals surface area (Å²) in [6.07, 6.45) is -6.50. The molecule has 1 unspecified atom stereocenters. The van der Waals surface area contributed by atoms with Gasteiger partial charge in [-0.05, 0) is 35.6 Å². The first-order valence-electron chi connectivity index (χ1n) is 12.1. The fourth-order valence-corrected chi connectivity index (χ4v) is 4.29. The smallest absolute Gasteiger partial charge is 0.238 e. The van der Waals surface area contributed by atoms with Gasteiger partial charge in [0, 0.05) is 17.7 Å². The van der Waals surface area contributed by atoms with E-state index in [1.54, 1.807) is 0 Å². The zero-order valence-electron chi connectivity index (χ0n) is 20.7. The van der Waals surface area contributed by atoms with Gasteiger partial charge in [0.05, 0.1) is 6.61 Å². The normalized spacial score (nSPS) is 24.2. The van der Waals surface area contributed by atoms with E-state index in [1.807, 2.05) is 69.3 Å². The lowest BCUT2D eigenvalue weighted by Crippen LogP contribution is -2.60. The molecule has 1 saturated heterocycles. The zero-order valence-corrected chi connectivity index (χ0v) is 20.7. The third-order valence-corrected chi connectivity index (χ3v) is 6.50. The first kappa shape index (κ1) is 26.1. The van der Waals surface area contributed by atoms with Gasteiger partial charge in [-0.25, -0.2) is 0 Å². The van der Waals surface area contributed by atoms with Gasteiger partial charge < -0.3 is 34.6 Å². The monoisotopic (exact) mass is 498 g/mol. The Balaban J connectivity index is 1.58. The second kappa shape index (κ2) is 11.4. The minimum atomic E-state index is -1.54. The number of hydrogen-bond acceptors (Lipinski definition) is 8. The number of aromatic nitrogens is 2. The van der Waals surface area contributed by atoms with Crippen molar-refractivity contribution in [3.8, 4) is 11.6 Å². The van der Waals surface area contributed by atoms with Crippen molar-refractivity contribution < 1.29 is 34.6 Å². The molecule has 0 spiro atoms. The van der Waals surface area contributed by atoms with E-state index in [1.165, 1.54) is 0 Å². The van der Waals surface area contributed by atoms with Crippen LogP contribution in [0.15, 0.2) is 48.5 Å². The number of aliphatic hydroxyl groups is 4. The number of aromatic amines is 1. The highest BCUT2D eigenvalue weighted by molar-refractivity contribution is 5.43. The second-order valence-corrected chi connectivity index (χ2v) is 9.39. The van der Waals surface area contributed by atoms with Gasteiger partial charge in [0.2, 0.25) is 12.2 Å². The second-order valence-electron chi connectivity index (χ2n) is 9.39. The van der Waals surface area contributed by atoms with E-state index in [-0.39, 0.29) is 11.8 Å². The molecule has 5 atom stereocenters. The highest BCUT2D eigenvalue weighted by atomic mass is 16.7. The van der Waals surface area contributed by atoms with Crippen LogP contribution in [-0.2, 0) is 17.8 Å². The Labute approximate surface area is 210 Å². The Bertz CT molecular complexity index is 1150. The molecule has 0 amide bonds. The van der Waals surface area contributed by atoms with Crippen LogP contribution in [0.5, 0.6) is 11.6 Å². The van der Waals surface area contributed by atoms with E-state index in [2.05, 4.69) is 10.2 Å². The highest BCUT2D eigenvalue weighted by Gasteiger charge is 2.45. The summed E-state index contributed by atoms with van der Waals surface area (Å²) < 4.78 is 17.6. The molecule has 0 bridgehead atoms. The fraction of sp³-hybridized carbons (Fsp3) is 0.444. The molecule has 36 heavy (non-hydrogen) atoms. The Morgan fingerprint density at radius 1 is 0.972 bits per heavy atom. The number of rotatable bonds is 9. The standard InChI is InChI=1S/C27H34N2O7/c1-15(2)22-19(26(29-28-22)36-27-25(33)24(32)23(31)21(13-30)35-27)12-17-9-6-7-11-20(17)34-14-18-10-5-4-8-16(18)3/h4-11,15,21,23-25,27,30-33H,12-14H2,1-3H3,(H,28,29)/t21-,23-,24+,25-,27?/m1/s1. The largest absolute Gasteiger partial charge is 0.489 e. The minimum Gasteiger partial charge on any atom is -0.489 e. The predicted octanol–water partition coefficient (Wildman–Crippen LogP) is 2.19. The summed E-state index contributed by atoms with van der Waals surface area (Å²) in [6.45, 7) is 5.99. The van der Waals surface area contributed by atoms with Gasteiger partial charge in [0.1, 0.15) is 36.8 Å². The van der Waals surface area contributed by atoms with Crippen LogP contribution >= 0.6 is 0 Å². The molecule has 9 nitrogen and oxygen atoms in total. The minimum absolute atomic E-state index is 0.0969. The maximum Gasteiger partial charge on any atom is 0.238 e. The summed E-state index contributed by atoms with van der Waals surface area (Å²) in [5.74, 6) is 1.03. The van der Waals surface area contributed by atoms with Gasteiger partial charge in [-0.3, -0.25) is 5.10 Å². The van der Waals surface area contributed by atoms with Crippen molar-refractivity contribution in [1.82, 2.24) is 10.2 Å². The lowest BCUT2D eigenvalue weighted by Gasteiger charge is -2.39. The average Bonchev–Trinajstić information content (AvgIpc) is 3.27. The van der Waals surface area contributed by atoms with Crippen LogP contribution in [0.1, 0.15) is 47.7 Å². The number of H-pyrrole nitrogens is 1. The number of para-hydroxylation sites is 1. The molecule has 4 rings (SSSR count). The van der Waals surface area contributed by atoms with Crippen molar-refractivity contribution in [2.75, 3.05) is 6.61 Å².